The molecule has 1 aliphatic rings. The van der Waals surface area contributed by atoms with E-state index in [9.17, 15) is 14.3 Å². The van der Waals surface area contributed by atoms with Gasteiger partial charge in [-0.25, -0.2) is 4.39 Å². The molecule has 0 spiro atoms. The molecule has 1 N–H and O–H groups in total. The zero-order valence-electron chi connectivity index (χ0n) is 10.5. The van der Waals surface area contributed by atoms with Crippen molar-refractivity contribution in [1.29, 1.82) is 0 Å². The second kappa shape index (κ2) is 5.98. The molecule has 1 heterocycles. The van der Waals surface area contributed by atoms with E-state index in [1.807, 2.05) is 0 Å². The minimum absolute atomic E-state index is 0.341. The molecule has 0 radical (unpaired) electrons. The topological polar surface area (TPSA) is 49.8 Å². The van der Waals surface area contributed by atoms with Crippen LogP contribution in [0.15, 0.2) is 22.7 Å². The van der Waals surface area contributed by atoms with Crippen LogP contribution in [-0.4, -0.2) is 41.8 Å². The molecule has 2 rings (SSSR count). The van der Waals surface area contributed by atoms with Gasteiger partial charge in [0.05, 0.1) is 17.7 Å². The molecule has 0 saturated carbocycles. The van der Waals surface area contributed by atoms with Crippen LogP contribution in [0.4, 0.5) is 4.39 Å². The summed E-state index contributed by atoms with van der Waals surface area (Å²) in [5, 5.41) is 9.66. The molecule has 2 atom stereocenters. The lowest BCUT2D eigenvalue weighted by atomic mass is 10.1. The summed E-state index contributed by atoms with van der Waals surface area (Å²) in [7, 11) is 1.32. The maximum atomic E-state index is 13.4. The fourth-order valence-electron chi connectivity index (χ4n) is 2.31. The molecule has 0 unspecified atom stereocenters. The number of rotatable bonds is 3. The van der Waals surface area contributed by atoms with Gasteiger partial charge in [0.2, 0.25) is 0 Å². The number of β-amino-alcohol motifs (C(OH)–C–C–N with tert-alkyl or cyclic N) is 1. The summed E-state index contributed by atoms with van der Waals surface area (Å²) < 4.78 is 18.6. The molecule has 0 aromatic heterocycles. The van der Waals surface area contributed by atoms with E-state index in [0.717, 1.165) is 5.56 Å². The lowest BCUT2D eigenvalue weighted by Gasteiger charge is -2.22. The summed E-state index contributed by atoms with van der Waals surface area (Å²) in [4.78, 5) is 13.4. The number of halogens is 2. The molecule has 1 saturated heterocycles. The van der Waals surface area contributed by atoms with E-state index in [4.69, 9.17) is 4.74 Å². The molecule has 104 valence electrons. The van der Waals surface area contributed by atoms with Gasteiger partial charge in [-0.15, -0.1) is 0 Å². The van der Waals surface area contributed by atoms with Gasteiger partial charge in [-0.05, 0) is 33.6 Å². The van der Waals surface area contributed by atoms with Crippen molar-refractivity contribution in [2.75, 3.05) is 13.7 Å². The Balaban J connectivity index is 2.12. The van der Waals surface area contributed by atoms with Crippen LogP contribution >= 0.6 is 15.9 Å². The van der Waals surface area contributed by atoms with E-state index in [-0.39, 0.29) is 11.8 Å². The summed E-state index contributed by atoms with van der Waals surface area (Å²) in [5.74, 6) is -0.707. The summed E-state index contributed by atoms with van der Waals surface area (Å²) in [5.41, 5.74) is 0.753. The summed E-state index contributed by atoms with van der Waals surface area (Å²) in [6.45, 7) is 0.790. The number of nitrogens with zero attached hydrogens (tertiary/aromatic N) is 1. The largest absolute Gasteiger partial charge is 0.468 e. The Bertz CT molecular complexity index is 483. The van der Waals surface area contributed by atoms with Crippen molar-refractivity contribution in [1.82, 2.24) is 4.90 Å². The van der Waals surface area contributed by atoms with Crippen molar-refractivity contribution >= 4 is 21.9 Å². The molecule has 0 bridgehead atoms. The van der Waals surface area contributed by atoms with Crippen LogP contribution in [0.2, 0.25) is 0 Å². The monoisotopic (exact) mass is 331 g/mol. The first kappa shape index (κ1) is 14.4. The predicted octanol–water partition coefficient (Wildman–Crippen LogP) is 1.70. The second-order valence-corrected chi connectivity index (χ2v) is 5.46. The number of ether oxygens (including phenoxy) is 1. The molecule has 1 aliphatic heterocycles. The van der Waals surface area contributed by atoms with Crippen molar-refractivity contribution in [2.24, 2.45) is 0 Å². The van der Waals surface area contributed by atoms with Gasteiger partial charge in [0.15, 0.2) is 0 Å². The minimum Gasteiger partial charge on any atom is -0.468 e. The van der Waals surface area contributed by atoms with Crippen LogP contribution in [0.25, 0.3) is 0 Å². The molecule has 4 nitrogen and oxygen atoms in total. The Morgan fingerprint density at radius 1 is 1.63 bits per heavy atom. The van der Waals surface area contributed by atoms with Crippen LogP contribution in [0.5, 0.6) is 0 Å². The van der Waals surface area contributed by atoms with Crippen molar-refractivity contribution in [3.05, 3.63) is 34.1 Å². The third-order valence-corrected chi connectivity index (χ3v) is 3.87. The highest BCUT2D eigenvalue weighted by Crippen LogP contribution is 2.23. The first-order chi connectivity index (χ1) is 9.01. The highest BCUT2D eigenvalue weighted by Gasteiger charge is 2.36. The van der Waals surface area contributed by atoms with E-state index in [1.54, 1.807) is 17.0 Å². The maximum Gasteiger partial charge on any atom is 0.323 e. The number of benzene rings is 1. The molecule has 6 heteroatoms. The Morgan fingerprint density at radius 2 is 2.37 bits per heavy atom. The summed E-state index contributed by atoms with van der Waals surface area (Å²) >= 11 is 3.10. The molecular weight excluding hydrogens is 317 g/mol. The number of methoxy groups -OCH3 is 1. The average molecular weight is 332 g/mol. The van der Waals surface area contributed by atoms with Crippen molar-refractivity contribution in [2.45, 2.75) is 25.1 Å². The summed E-state index contributed by atoms with van der Waals surface area (Å²) in [6, 6.07) is 4.37. The molecule has 1 aromatic rings. The summed E-state index contributed by atoms with van der Waals surface area (Å²) in [6.07, 6.45) is -0.199. The highest BCUT2D eigenvalue weighted by molar-refractivity contribution is 9.10. The molecule has 1 aromatic carbocycles. The minimum atomic E-state index is -0.551. The molecular formula is C13H15BrFNO3. The Labute approximate surface area is 119 Å². The quantitative estimate of drug-likeness (QED) is 0.856. The van der Waals surface area contributed by atoms with Crippen LogP contribution in [0.3, 0.4) is 0 Å². The van der Waals surface area contributed by atoms with Crippen LogP contribution in [0, 0.1) is 5.82 Å². The smallest absolute Gasteiger partial charge is 0.323 e. The fourth-order valence-corrected chi connectivity index (χ4v) is 2.55. The second-order valence-electron chi connectivity index (χ2n) is 4.61. The number of aliphatic hydroxyl groups is 1. The maximum absolute atomic E-state index is 13.4. The zero-order chi connectivity index (χ0) is 14.0. The van der Waals surface area contributed by atoms with Gasteiger partial charge in [0, 0.05) is 19.5 Å². The Kier molecular flexibility index (Phi) is 4.54. The van der Waals surface area contributed by atoms with Gasteiger partial charge in [-0.1, -0.05) is 6.07 Å². The van der Waals surface area contributed by atoms with E-state index in [2.05, 4.69) is 15.9 Å². The van der Waals surface area contributed by atoms with Gasteiger partial charge < -0.3 is 9.84 Å². The number of carbonyl (C=O) groups excluding carboxylic acids is 1. The molecule has 1 fully saturated rings. The number of carbonyl (C=O) groups is 1. The SMILES string of the molecule is COC(=O)[C@@H]1C[C@H](O)CN1Cc1ccc(Br)c(F)c1. The van der Waals surface area contributed by atoms with Crippen molar-refractivity contribution in [3.63, 3.8) is 0 Å². The zero-order valence-corrected chi connectivity index (χ0v) is 12.1. The third-order valence-electron chi connectivity index (χ3n) is 3.22. The van der Waals surface area contributed by atoms with E-state index in [0.29, 0.717) is 24.0 Å². The molecule has 0 aliphatic carbocycles. The van der Waals surface area contributed by atoms with Gasteiger partial charge in [0.1, 0.15) is 11.9 Å². The third kappa shape index (κ3) is 3.32. The van der Waals surface area contributed by atoms with Crippen LogP contribution in [-0.2, 0) is 16.1 Å². The van der Waals surface area contributed by atoms with Crippen molar-refractivity contribution < 1.29 is 19.0 Å². The van der Waals surface area contributed by atoms with Gasteiger partial charge in [-0.2, -0.15) is 0 Å². The Morgan fingerprint density at radius 3 is 3.00 bits per heavy atom. The fraction of sp³-hybridized carbons (Fsp3) is 0.462. The number of hydrogen-bond donors (Lipinski definition) is 1. The predicted molar refractivity (Wildman–Crippen MR) is 70.9 cm³/mol. The molecule has 0 amide bonds. The lowest BCUT2D eigenvalue weighted by Crippen LogP contribution is -2.36. The van der Waals surface area contributed by atoms with Crippen molar-refractivity contribution in [3.8, 4) is 0 Å². The number of likely N-dealkylation sites (tertiary alicyclic amines) is 1. The number of hydrogen-bond acceptors (Lipinski definition) is 4. The normalized spacial score (nSPS) is 23.6. The van der Waals surface area contributed by atoms with Gasteiger partial charge in [-0.3, -0.25) is 9.69 Å². The standard InChI is InChI=1S/C13H15BrFNO3/c1-19-13(18)12-5-9(17)7-16(12)6-8-2-3-10(14)11(15)4-8/h2-4,9,12,17H,5-7H2,1H3/t9-,12-/m0/s1. The lowest BCUT2D eigenvalue weighted by molar-refractivity contribution is -0.146. The van der Waals surface area contributed by atoms with Gasteiger partial charge in [0.25, 0.3) is 0 Å². The van der Waals surface area contributed by atoms with Gasteiger partial charge >= 0.3 is 5.97 Å². The van der Waals surface area contributed by atoms with E-state index in [1.165, 1.54) is 13.2 Å². The van der Waals surface area contributed by atoms with Crippen LogP contribution < -0.4 is 0 Å². The molecule has 19 heavy (non-hydrogen) atoms. The van der Waals surface area contributed by atoms with Crippen LogP contribution in [0.1, 0.15) is 12.0 Å². The van der Waals surface area contributed by atoms with E-state index < -0.39 is 12.1 Å². The first-order valence-electron chi connectivity index (χ1n) is 5.95. The highest BCUT2D eigenvalue weighted by atomic mass is 79.9. The Hall–Kier alpha value is -0.980. The first-order valence-corrected chi connectivity index (χ1v) is 6.74. The van der Waals surface area contributed by atoms with E-state index >= 15 is 0 Å². The number of aliphatic hydroxyl groups excluding tert-OH is 1. The average Bonchev–Trinajstić information content (AvgIpc) is 2.74. The number of esters is 1.